The molecule has 29 heavy (non-hydrogen) atoms. The van der Waals surface area contributed by atoms with Gasteiger partial charge in [0, 0.05) is 16.4 Å². The maximum Gasteiger partial charge on any atom is 0.335 e. The van der Waals surface area contributed by atoms with Gasteiger partial charge in [0.2, 0.25) is 0 Å². The molecule has 0 aliphatic heterocycles. The van der Waals surface area contributed by atoms with Gasteiger partial charge in [0.1, 0.15) is 11.5 Å². The van der Waals surface area contributed by atoms with Gasteiger partial charge >= 0.3 is 5.97 Å². The van der Waals surface area contributed by atoms with Crippen molar-refractivity contribution in [3.05, 3.63) is 63.4 Å². The van der Waals surface area contributed by atoms with E-state index in [1.54, 1.807) is 13.0 Å². The number of hydrogen-bond acceptors (Lipinski definition) is 4. The maximum atomic E-state index is 12.6. The molecule has 156 valence electrons. The zero-order chi connectivity index (χ0) is 22.3. The molecule has 0 heterocycles. The van der Waals surface area contributed by atoms with E-state index in [-0.39, 0.29) is 22.6 Å². The van der Waals surface area contributed by atoms with Crippen LogP contribution < -0.4 is 0 Å². The van der Waals surface area contributed by atoms with Crippen LogP contribution in [-0.2, 0) is 4.79 Å². The second-order valence-electron chi connectivity index (χ2n) is 8.68. The summed E-state index contributed by atoms with van der Waals surface area (Å²) in [5.41, 5.74) is 0.0658. The van der Waals surface area contributed by atoms with Gasteiger partial charge < -0.3 is 15.3 Å². The minimum absolute atomic E-state index is 0.0746. The Hall–Kier alpha value is -2.53. The van der Waals surface area contributed by atoms with E-state index in [0.717, 1.165) is 5.57 Å². The van der Waals surface area contributed by atoms with Crippen molar-refractivity contribution in [1.29, 1.82) is 0 Å². The zero-order valence-corrected chi connectivity index (χ0v) is 18.3. The number of phenolic OH excluding ortho intramolecular Hbond substituents is 1. The van der Waals surface area contributed by atoms with Gasteiger partial charge in [-0.25, -0.2) is 4.79 Å². The lowest BCUT2D eigenvalue weighted by Crippen LogP contribution is -2.37. The van der Waals surface area contributed by atoms with Crippen molar-refractivity contribution in [3.63, 3.8) is 0 Å². The molecule has 1 aromatic rings. The molecule has 6 heteroatoms. The number of rotatable bonds is 4. The number of aliphatic carboxylic acids is 1. The number of phenols is 1. The molecule has 1 aliphatic rings. The molecule has 0 amide bonds. The van der Waals surface area contributed by atoms with Crippen molar-refractivity contribution in [2.45, 2.75) is 41.5 Å². The Kier molecular flexibility index (Phi) is 6.05. The van der Waals surface area contributed by atoms with Crippen LogP contribution in [0.2, 0.25) is 5.02 Å². The first-order valence-corrected chi connectivity index (χ1v) is 9.70. The van der Waals surface area contributed by atoms with Crippen LogP contribution in [0.4, 0.5) is 0 Å². The number of aliphatic hydroxyl groups excluding tert-OH is 1. The minimum Gasteiger partial charge on any atom is -0.507 e. The number of carbonyl (C=O) groups is 2. The van der Waals surface area contributed by atoms with E-state index >= 15 is 0 Å². The summed E-state index contributed by atoms with van der Waals surface area (Å²) in [6.07, 6.45) is 3.00. The fourth-order valence-electron chi connectivity index (χ4n) is 3.94. The van der Waals surface area contributed by atoms with E-state index in [9.17, 15) is 24.9 Å². The van der Waals surface area contributed by atoms with Gasteiger partial charge in [-0.2, -0.15) is 0 Å². The van der Waals surface area contributed by atoms with Gasteiger partial charge in [0.05, 0.1) is 11.1 Å². The molecule has 2 atom stereocenters. The van der Waals surface area contributed by atoms with Crippen LogP contribution >= 0.6 is 11.6 Å². The lowest BCUT2D eigenvalue weighted by Gasteiger charge is -2.43. The minimum atomic E-state index is -1.19. The van der Waals surface area contributed by atoms with Crippen molar-refractivity contribution in [3.8, 4) is 5.75 Å². The van der Waals surface area contributed by atoms with Crippen LogP contribution in [-0.4, -0.2) is 27.1 Å². The summed E-state index contributed by atoms with van der Waals surface area (Å²) in [4.78, 5) is 24.6. The molecule has 1 aromatic carbocycles. The van der Waals surface area contributed by atoms with E-state index in [1.165, 1.54) is 24.3 Å². The number of carbonyl (C=O) groups excluding carboxylic acids is 1. The van der Waals surface area contributed by atoms with E-state index in [1.807, 2.05) is 34.6 Å². The third kappa shape index (κ3) is 4.10. The van der Waals surface area contributed by atoms with Crippen molar-refractivity contribution in [2.24, 2.45) is 16.7 Å². The lowest BCUT2D eigenvalue weighted by molar-refractivity contribution is -0.133. The molecule has 1 aliphatic carbocycles. The molecule has 0 saturated heterocycles. The summed E-state index contributed by atoms with van der Waals surface area (Å²) in [5.74, 6) is -2.61. The average Bonchev–Trinajstić information content (AvgIpc) is 2.56. The van der Waals surface area contributed by atoms with Crippen molar-refractivity contribution < 1.29 is 24.9 Å². The third-order valence-corrected chi connectivity index (χ3v) is 6.03. The van der Waals surface area contributed by atoms with Gasteiger partial charge in [0.15, 0.2) is 5.78 Å². The highest BCUT2D eigenvalue weighted by Crippen LogP contribution is 2.52. The predicted octanol–water partition coefficient (Wildman–Crippen LogP) is 5.70. The quantitative estimate of drug-likeness (QED) is 0.430. The van der Waals surface area contributed by atoms with Gasteiger partial charge in [-0.15, -0.1) is 0 Å². The van der Waals surface area contributed by atoms with Crippen LogP contribution in [0.5, 0.6) is 5.75 Å². The third-order valence-electron chi connectivity index (χ3n) is 5.79. The van der Waals surface area contributed by atoms with Gasteiger partial charge in [0.25, 0.3) is 0 Å². The number of benzene rings is 1. The molecule has 3 N–H and O–H groups in total. The lowest BCUT2D eigenvalue weighted by atomic mass is 9.61. The first kappa shape index (κ1) is 22.8. The number of ketones is 1. The normalized spacial score (nSPS) is 23.1. The van der Waals surface area contributed by atoms with Crippen molar-refractivity contribution in [2.75, 3.05) is 0 Å². The fraction of sp³-hybridized carbons (Fsp3) is 0.391. The summed E-state index contributed by atoms with van der Waals surface area (Å²) in [6.45, 7) is 11.1. The van der Waals surface area contributed by atoms with E-state index in [0.29, 0.717) is 10.6 Å². The molecule has 0 saturated carbocycles. The first-order chi connectivity index (χ1) is 13.2. The highest BCUT2D eigenvalue weighted by atomic mass is 35.5. The molecule has 0 radical (unpaired) electrons. The highest BCUT2D eigenvalue weighted by Gasteiger charge is 2.45. The Labute approximate surface area is 176 Å². The summed E-state index contributed by atoms with van der Waals surface area (Å²) in [6, 6.07) is 4.24. The predicted molar refractivity (Wildman–Crippen MR) is 113 cm³/mol. The van der Waals surface area contributed by atoms with Gasteiger partial charge in [-0.05, 0) is 42.2 Å². The molecular formula is C23H27ClO5. The van der Waals surface area contributed by atoms with E-state index in [4.69, 9.17) is 11.6 Å². The van der Waals surface area contributed by atoms with E-state index < -0.39 is 28.5 Å². The largest absolute Gasteiger partial charge is 0.507 e. The Morgan fingerprint density at radius 3 is 2.28 bits per heavy atom. The van der Waals surface area contributed by atoms with E-state index in [2.05, 4.69) is 0 Å². The standard InChI is InChI=1S/C23H27ClO5/c1-12-18(21(28)29)20(27)19(22(3,4)5)13(2)23(12,6)10-9-16(25)15-8-7-14(24)11-17(15)26/h7-12,26-27H,1-6H3,(H,28,29). The molecule has 2 unspecified atom stereocenters. The van der Waals surface area contributed by atoms with Crippen LogP contribution in [0.25, 0.3) is 0 Å². The molecule has 5 nitrogen and oxygen atoms in total. The SMILES string of the molecule is CC1=C(C(C)(C)C)C(O)=C(C(=O)O)C(C)C1(C)C=CC(=O)c1ccc(Cl)cc1O. The Bertz CT molecular complexity index is 962. The second-order valence-corrected chi connectivity index (χ2v) is 9.12. The number of hydrogen-bond donors (Lipinski definition) is 3. The molecule has 0 bridgehead atoms. The maximum absolute atomic E-state index is 12.6. The molecular weight excluding hydrogens is 392 g/mol. The fourth-order valence-corrected chi connectivity index (χ4v) is 4.10. The molecule has 0 aromatic heterocycles. The van der Waals surface area contributed by atoms with Crippen molar-refractivity contribution >= 4 is 23.4 Å². The van der Waals surface area contributed by atoms with Crippen LogP contribution in [0.15, 0.2) is 52.8 Å². The molecule has 0 spiro atoms. The monoisotopic (exact) mass is 418 g/mol. The Morgan fingerprint density at radius 2 is 1.79 bits per heavy atom. The zero-order valence-electron chi connectivity index (χ0n) is 17.5. The highest BCUT2D eigenvalue weighted by molar-refractivity contribution is 6.31. The van der Waals surface area contributed by atoms with Crippen LogP contribution in [0, 0.1) is 16.7 Å². The number of halogens is 1. The average molecular weight is 419 g/mol. The second kappa shape index (κ2) is 7.71. The number of aliphatic hydroxyl groups is 1. The van der Waals surface area contributed by atoms with Crippen LogP contribution in [0.1, 0.15) is 51.9 Å². The first-order valence-electron chi connectivity index (χ1n) is 9.32. The van der Waals surface area contributed by atoms with Gasteiger partial charge in [-0.3, -0.25) is 4.79 Å². The van der Waals surface area contributed by atoms with Crippen LogP contribution in [0.3, 0.4) is 0 Å². The summed E-state index contributed by atoms with van der Waals surface area (Å²) in [5, 5.41) is 30.8. The molecule has 0 fully saturated rings. The number of carboxylic acids is 1. The topological polar surface area (TPSA) is 94.8 Å². The number of carboxylic acid groups (broad SMARTS) is 1. The Balaban J connectivity index is 2.60. The molecule has 2 rings (SSSR count). The smallest absolute Gasteiger partial charge is 0.335 e. The van der Waals surface area contributed by atoms with Gasteiger partial charge in [-0.1, -0.05) is 57.9 Å². The summed E-state index contributed by atoms with van der Waals surface area (Å²) < 4.78 is 0. The Morgan fingerprint density at radius 1 is 1.21 bits per heavy atom. The van der Waals surface area contributed by atoms with Crippen molar-refractivity contribution in [1.82, 2.24) is 0 Å². The number of allylic oxidation sites excluding steroid dienone is 4. The summed E-state index contributed by atoms with van der Waals surface area (Å²) >= 11 is 5.82. The number of aromatic hydroxyl groups is 1. The summed E-state index contributed by atoms with van der Waals surface area (Å²) in [7, 11) is 0.